The molecule has 226 valence electrons. The Bertz CT molecular complexity index is 595. The second-order valence-electron chi connectivity index (χ2n) is 8.27. The molecule has 1 aliphatic rings. The number of alkyl carbamates (subject to hydrolysis) is 1. The van der Waals surface area contributed by atoms with Gasteiger partial charge in [0.1, 0.15) is 19.0 Å². The first-order valence-electron chi connectivity index (χ1n) is 13.6. The molecule has 1 rings (SSSR count). The van der Waals surface area contributed by atoms with Gasteiger partial charge in [0.25, 0.3) is 0 Å². The lowest BCUT2D eigenvalue weighted by Gasteiger charge is -2.26. The molecule has 0 aromatic heterocycles. The van der Waals surface area contributed by atoms with Crippen LogP contribution >= 0.6 is 12.6 Å². The number of thiol groups is 1. The molecular formula is C26H51NO10S. The number of hydrogen-bond acceptors (Lipinski definition) is 11. The van der Waals surface area contributed by atoms with E-state index < -0.39 is 12.1 Å². The third kappa shape index (κ3) is 24.9. The van der Waals surface area contributed by atoms with E-state index in [0.29, 0.717) is 64.7 Å². The number of rotatable bonds is 22. The molecule has 0 unspecified atom stereocenters. The Kier molecular flexibility index (Phi) is 26.1. The molecule has 1 amide bonds. The summed E-state index contributed by atoms with van der Waals surface area (Å²) in [5.41, 5.74) is 0. The van der Waals surface area contributed by atoms with Crippen molar-refractivity contribution in [1.82, 2.24) is 5.32 Å². The van der Waals surface area contributed by atoms with Gasteiger partial charge in [-0.05, 0) is 32.6 Å². The predicted molar refractivity (Wildman–Crippen MR) is 148 cm³/mol. The highest BCUT2D eigenvalue weighted by atomic mass is 32.1. The maximum absolute atomic E-state index is 11.7. The van der Waals surface area contributed by atoms with E-state index in [0.717, 1.165) is 25.7 Å². The van der Waals surface area contributed by atoms with Crippen LogP contribution in [0.15, 0.2) is 0 Å². The van der Waals surface area contributed by atoms with Gasteiger partial charge in [-0.3, -0.25) is 4.79 Å². The van der Waals surface area contributed by atoms with Crippen LogP contribution in [0.5, 0.6) is 0 Å². The molecule has 11 nitrogen and oxygen atoms in total. The van der Waals surface area contributed by atoms with Gasteiger partial charge in [0.2, 0.25) is 0 Å². The number of carbonyl (C=O) groups is 3. The Morgan fingerprint density at radius 2 is 1.05 bits per heavy atom. The van der Waals surface area contributed by atoms with E-state index in [2.05, 4.69) is 17.9 Å². The first-order valence-corrected chi connectivity index (χ1v) is 14.1. The Morgan fingerprint density at radius 1 is 0.658 bits per heavy atom. The highest BCUT2D eigenvalue weighted by Crippen LogP contribution is 2.22. The molecule has 1 N–H and O–H groups in total. The largest absolute Gasteiger partial charge is 0.463 e. The molecule has 1 aliphatic carbocycles. The molecule has 0 aromatic carbocycles. The van der Waals surface area contributed by atoms with Gasteiger partial charge in [0.05, 0.1) is 72.5 Å². The molecule has 0 spiro atoms. The lowest BCUT2D eigenvalue weighted by Crippen LogP contribution is -2.38. The molecule has 0 radical (unpaired) electrons. The first-order chi connectivity index (χ1) is 18.5. The number of hydrogen-bond donors (Lipinski definition) is 2. The average molecular weight is 570 g/mol. The van der Waals surface area contributed by atoms with Crippen molar-refractivity contribution in [3.8, 4) is 0 Å². The van der Waals surface area contributed by atoms with Crippen molar-refractivity contribution < 1.29 is 49.0 Å². The standard InChI is InChI=1S/C24H43NO10S.C2H6.H2/c1-20(26)2-7-23(27)34-18-16-32-14-12-30-10-8-29-9-11-31-13-15-33-17-19-35-24(28)25-21-3-5-22(36)6-4-21;1-2;/h21-22,36H,2-19H2,1H3,(H,25,28);1-2H3;1H. The summed E-state index contributed by atoms with van der Waals surface area (Å²) in [6.07, 6.45) is 3.82. The van der Waals surface area contributed by atoms with Gasteiger partial charge in [0, 0.05) is 19.1 Å². The van der Waals surface area contributed by atoms with Crippen LogP contribution in [-0.2, 0) is 42.7 Å². The monoisotopic (exact) mass is 569 g/mol. The third-order valence-electron chi connectivity index (χ3n) is 5.14. The first kappa shape index (κ1) is 36.6. The molecule has 0 aromatic rings. The number of esters is 1. The van der Waals surface area contributed by atoms with Crippen LogP contribution < -0.4 is 5.32 Å². The van der Waals surface area contributed by atoms with Crippen molar-refractivity contribution in [1.29, 1.82) is 0 Å². The zero-order valence-corrected chi connectivity index (χ0v) is 24.3. The van der Waals surface area contributed by atoms with Gasteiger partial charge < -0.3 is 43.3 Å². The molecular weight excluding hydrogens is 518 g/mol. The molecule has 0 bridgehead atoms. The van der Waals surface area contributed by atoms with Crippen molar-refractivity contribution in [2.24, 2.45) is 0 Å². The smallest absolute Gasteiger partial charge is 0.407 e. The van der Waals surface area contributed by atoms with E-state index in [1.807, 2.05) is 13.8 Å². The van der Waals surface area contributed by atoms with Crippen LogP contribution in [0.4, 0.5) is 4.79 Å². The Labute approximate surface area is 234 Å². The molecule has 1 fully saturated rings. The summed E-state index contributed by atoms with van der Waals surface area (Å²) in [6, 6.07) is 0.179. The normalized spacial score (nSPS) is 16.7. The van der Waals surface area contributed by atoms with E-state index in [-0.39, 0.29) is 45.9 Å². The molecule has 38 heavy (non-hydrogen) atoms. The number of nitrogens with one attached hydrogen (secondary N) is 1. The van der Waals surface area contributed by atoms with E-state index in [1.54, 1.807) is 0 Å². The van der Waals surface area contributed by atoms with Crippen molar-refractivity contribution >= 4 is 30.5 Å². The molecule has 0 aliphatic heterocycles. The van der Waals surface area contributed by atoms with Crippen molar-refractivity contribution in [2.75, 3.05) is 79.3 Å². The van der Waals surface area contributed by atoms with Crippen LogP contribution in [0.2, 0.25) is 0 Å². The Balaban J connectivity index is 0. The van der Waals surface area contributed by atoms with Crippen molar-refractivity contribution in [2.45, 2.75) is 70.6 Å². The van der Waals surface area contributed by atoms with Crippen LogP contribution in [0.1, 0.15) is 60.7 Å². The number of Topliss-reactive ketones (excluding diaryl/α,β-unsaturated/α-hetero) is 1. The van der Waals surface area contributed by atoms with E-state index in [1.165, 1.54) is 6.92 Å². The zero-order chi connectivity index (χ0) is 28.3. The Hall–Kier alpha value is -1.44. The van der Waals surface area contributed by atoms with E-state index in [9.17, 15) is 14.4 Å². The fraction of sp³-hybridized carbons (Fsp3) is 0.885. The highest BCUT2D eigenvalue weighted by molar-refractivity contribution is 7.80. The lowest BCUT2D eigenvalue weighted by molar-refractivity contribution is -0.146. The molecule has 0 atom stereocenters. The van der Waals surface area contributed by atoms with Gasteiger partial charge >= 0.3 is 12.1 Å². The summed E-state index contributed by atoms with van der Waals surface area (Å²) in [5.74, 6) is -0.433. The van der Waals surface area contributed by atoms with Crippen molar-refractivity contribution in [3.63, 3.8) is 0 Å². The Morgan fingerprint density at radius 3 is 1.47 bits per heavy atom. The predicted octanol–water partition coefficient (Wildman–Crippen LogP) is 3.22. The summed E-state index contributed by atoms with van der Waals surface area (Å²) in [5, 5.41) is 3.32. The maximum atomic E-state index is 11.7. The lowest BCUT2D eigenvalue weighted by atomic mass is 9.95. The fourth-order valence-electron chi connectivity index (χ4n) is 3.17. The molecule has 12 heteroatoms. The molecule has 0 saturated heterocycles. The summed E-state index contributed by atoms with van der Waals surface area (Å²) in [6.45, 7) is 9.85. The third-order valence-corrected chi connectivity index (χ3v) is 5.66. The second kappa shape index (κ2) is 27.1. The minimum absolute atomic E-state index is 0. The number of ether oxygens (including phenoxy) is 7. The summed E-state index contributed by atoms with van der Waals surface area (Å²) < 4.78 is 36.9. The van der Waals surface area contributed by atoms with Crippen LogP contribution in [-0.4, -0.2) is 108 Å². The van der Waals surface area contributed by atoms with Crippen LogP contribution in [0.25, 0.3) is 0 Å². The van der Waals surface area contributed by atoms with Crippen molar-refractivity contribution in [3.05, 3.63) is 0 Å². The average Bonchev–Trinajstić information content (AvgIpc) is 2.91. The van der Waals surface area contributed by atoms with E-state index >= 15 is 0 Å². The quantitative estimate of drug-likeness (QED) is 0.114. The van der Waals surface area contributed by atoms with Crippen LogP contribution in [0.3, 0.4) is 0 Å². The summed E-state index contributed by atoms with van der Waals surface area (Å²) >= 11 is 4.45. The van der Waals surface area contributed by atoms with Gasteiger partial charge in [-0.2, -0.15) is 12.6 Å². The molecule has 1 saturated carbocycles. The minimum Gasteiger partial charge on any atom is -0.463 e. The SMILES string of the molecule is CC.CC(=O)CCC(=O)OCCOCCOCCOCCOCCOCCOC(=O)NC1CCC(S)CC1.[HH]. The van der Waals surface area contributed by atoms with Crippen LogP contribution in [0, 0.1) is 0 Å². The van der Waals surface area contributed by atoms with E-state index in [4.69, 9.17) is 33.2 Å². The fourth-order valence-corrected chi connectivity index (χ4v) is 3.47. The summed E-state index contributed by atoms with van der Waals surface area (Å²) in [7, 11) is 0. The number of amides is 1. The maximum Gasteiger partial charge on any atom is 0.407 e. The zero-order valence-electron chi connectivity index (χ0n) is 23.4. The number of carbonyl (C=O) groups excluding carboxylic acids is 3. The van der Waals surface area contributed by atoms with Gasteiger partial charge in [-0.1, -0.05) is 13.8 Å². The van der Waals surface area contributed by atoms with Gasteiger partial charge in [-0.15, -0.1) is 0 Å². The minimum atomic E-state index is -0.396. The summed E-state index contributed by atoms with van der Waals surface area (Å²) in [4.78, 5) is 33.8. The topological polar surface area (TPSA) is 128 Å². The second-order valence-corrected chi connectivity index (χ2v) is 9.00. The van der Waals surface area contributed by atoms with Gasteiger partial charge in [-0.25, -0.2) is 4.79 Å². The molecule has 0 heterocycles. The highest BCUT2D eigenvalue weighted by Gasteiger charge is 2.20. The van der Waals surface area contributed by atoms with Gasteiger partial charge in [0.15, 0.2) is 0 Å². The number of ketones is 1.